The lowest BCUT2D eigenvalue weighted by Crippen LogP contribution is -2.48. The number of ether oxygens (including phenoxy) is 2. The van der Waals surface area contributed by atoms with E-state index in [1.54, 1.807) is 7.11 Å². The number of benzene rings is 1. The molecule has 0 radical (unpaired) electrons. The Morgan fingerprint density at radius 3 is 1.49 bits per heavy atom. The van der Waals surface area contributed by atoms with Crippen molar-refractivity contribution in [3.05, 3.63) is 78.9 Å². The summed E-state index contributed by atoms with van der Waals surface area (Å²) in [6, 6.07) is 8.20. The highest BCUT2D eigenvalue weighted by Crippen LogP contribution is 2.44. The van der Waals surface area contributed by atoms with Crippen LogP contribution in [0.3, 0.4) is 0 Å². The fraction of sp³-hybridized carbons (Fsp3) is 0.770. The van der Waals surface area contributed by atoms with E-state index in [0.29, 0.717) is 12.5 Å². The molecule has 1 N–H and O–H groups in total. The van der Waals surface area contributed by atoms with Crippen LogP contribution < -0.4 is 4.74 Å². The molecule has 0 fully saturated rings. The minimum atomic E-state index is -2.19. The topological polar surface area (TPSA) is 75.6 Å². The van der Waals surface area contributed by atoms with Crippen LogP contribution in [0, 0.1) is 29.6 Å². The first-order chi connectivity index (χ1) is 32.7. The van der Waals surface area contributed by atoms with Crippen LogP contribution in [-0.4, -0.2) is 82.6 Å². The van der Waals surface area contributed by atoms with Crippen LogP contribution in [0.4, 0.5) is 0 Å². The fourth-order valence-electron chi connectivity index (χ4n) is 8.17. The minimum absolute atomic E-state index is 0.0195. The number of hydrogen-bond acceptors (Lipinski definition) is 7. The third kappa shape index (κ3) is 21.9. The molecular formula is C61H116O7Si4. The molecule has 0 aromatic heterocycles. The number of hydrogen-bond donors (Lipinski definition) is 1. The second-order valence-electron chi connectivity index (χ2n) is 27.8. The highest BCUT2D eigenvalue weighted by Gasteiger charge is 2.45. The van der Waals surface area contributed by atoms with Crippen molar-refractivity contribution in [1.82, 2.24) is 0 Å². The van der Waals surface area contributed by atoms with Gasteiger partial charge in [0.25, 0.3) is 0 Å². The van der Waals surface area contributed by atoms with Crippen LogP contribution >= 0.6 is 0 Å². The molecule has 11 heteroatoms. The average Bonchev–Trinajstić information content (AvgIpc) is 3.24. The molecule has 1 aromatic carbocycles. The lowest BCUT2D eigenvalue weighted by atomic mass is 9.85. The van der Waals surface area contributed by atoms with Crippen molar-refractivity contribution in [2.24, 2.45) is 29.6 Å². The molecule has 0 bridgehead atoms. The molecule has 418 valence electrons. The standard InChI is InChI=1S/C61H116O7Si4/c1-28-29-33-48(4)57(64-45-51-38-41-52(63-19)42-39-51)50(6)54(66-70(22,23)59(10,11)12)36-31-30-34-47(3)56(68-72(26,27)61(16,17)18)49(5)37-40-53(65-69(20,21)58(7,8)9)44-55(46(2)35-32-43-62)67-71(24,25)60(13,14)15/h28-29,32-33,35,37-42,46-50,53-57,62H,1,30-31,34,36,43-45H2,2-27H3/b33-29-,35-32+,40-37-/t46-,47+,48+,49?,50+,53-,54-,55+,56?,57+/m1/s1. The van der Waals surface area contributed by atoms with E-state index in [-0.39, 0.29) is 81.0 Å². The quantitative estimate of drug-likeness (QED) is 0.0344. The Hall–Kier alpha value is -1.39. The fourth-order valence-corrected chi connectivity index (χ4v) is 13.8. The van der Waals surface area contributed by atoms with Gasteiger partial charge >= 0.3 is 0 Å². The van der Waals surface area contributed by atoms with Crippen LogP contribution in [0.2, 0.25) is 72.5 Å². The zero-order valence-electron chi connectivity index (χ0n) is 51.7. The largest absolute Gasteiger partial charge is 0.497 e. The first kappa shape index (κ1) is 68.6. The van der Waals surface area contributed by atoms with Crippen LogP contribution in [0.15, 0.2) is 73.4 Å². The maximum atomic E-state index is 9.79. The summed E-state index contributed by atoms with van der Waals surface area (Å²) in [7, 11) is -6.92. The number of allylic oxidation sites excluding steroid dienone is 2. The zero-order valence-corrected chi connectivity index (χ0v) is 55.7. The van der Waals surface area contributed by atoms with Gasteiger partial charge in [0, 0.05) is 18.3 Å². The Labute approximate surface area is 450 Å². The maximum Gasteiger partial charge on any atom is 0.192 e. The van der Waals surface area contributed by atoms with Gasteiger partial charge in [-0.1, -0.05) is 192 Å². The Bertz CT molecular complexity index is 1790. The molecule has 0 spiro atoms. The highest BCUT2D eigenvalue weighted by atomic mass is 28.4. The molecule has 72 heavy (non-hydrogen) atoms. The van der Waals surface area contributed by atoms with Gasteiger partial charge in [-0.15, -0.1) is 0 Å². The molecule has 1 rings (SSSR count). The third-order valence-electron chi connectivity index (χ3n) is 17.5. The number of methoxy groups -OCH3 is 1. The number of aliphatic hydroxyl groups excluding tert-OH is 1. The molecule has 7 nitrogen and oxygen atoms in total. The Balaban J connectivity index is 3.70. The third-order valence-corrected chi connectivity index (χ3v) is 35.5. The summed E-state index contributed by atoms with van der Waals surface area (Å²) in [6.07, 6.45) is 19.7. The monoisotopic (exact) mass is 1070 g/mol. The van der Waals surface area contributed by atoms with Crippen molar-refractivity contribution >= 4 is 33.3 Å². The highest BCUT2D eigenvalue weighted by molar-refractivity contribution is 6.75. The summed E-state index contributed by atoms with van der Waals surface area (Å²) in [5, 5.41) is 10.0. The number of rotatable bonds is 31. The molecule has 0 amide bonds. The number of unbranched alkanes of at least 4 members (excludes halogenated alkanes) is 1. The lowest BCUT2D eigenvalue weighted by molar-refractivity contribution is -0.0544. The van der Waals surface area contributed by atoms with E-state index >= 15 is 0 Å². The van der Waals surface area contributed by atoms with Gasteiger partial charge in [-0.05, 0) is 121 Å². The van der Waals surface area contributed by atoms with Crippen LogP contribution in [0.5, 0.6) is 5.75 Å². The van der Waals surface area contributed by atoms with Crippen molar-refractivity contribution in [2.75, 3.05) is 13.7 Å². The van der Waals surface area contributed by atoms with Crippen LogP contribution in [-0.2, 0) is 29.0 Å². The van der Waals surface area contributed by atoms with Gasteiger partial charge in [-0.2, -0.15) is 0 Å². The van der Waals surface area contributed by atoms with E-state index in [2.05, 4.69) is 213 Å². The molecule has 10 atom stereocenters. The molecular weight excluding hydrogens is 957 g/mol. The predicted molar refractivity (Wildman–Crippen MR) is 323 cm³/mol. The van der Waals surface area contributed by atoms with E-state index in [4.69, 9.17) is 27.2 Å². The summed E-state index contributed by atoms with van der Waals surface area (Å²) < 4.78 is 41.9. The SMILES string of the molecule is C=C/C=C\[C@H](C)[C@H](OCc1ccc(OC)cc1)[C@@H](C)[C@@H](CCCC[C@H](C)C(O[Si](C)(C)C(C)(C)C)C(C)/C=C\[C@H](C[C@H](O[Si](C)(C)C(C)(C)C)[C@H](C)/C=C/CO)O[Si](C)(C)C(C)(C)C)O[Si](C)(C)C(C)(C)C. The van der Waals surface area contributed by atoms with Crippen LogP contribution in [0.25, 0.3) is 0 Å². The van der Waals surface area contributed by atoms with Crippen molar-refractivity contribution in [3.63, 3.8) is 0 Å². The van der Waals surface area contributed by atoms with Crippen molar-refractivity contribution in [2.45, 2.75) is 259 Å². The van der Waals surface area contributed by atoms with Gasteiger partial charge in [0.05, 0.1) is 50.8 Å². The van der Waals surface area contributed by atoms with Gasteiger partial charge in [0.15, 0.2) is 33.3 Å². The van der Waals surface area contributed by atoms with Crippen LogP contribution in [0.1, 0.15) is 155 Å². The average molecular weight is 1070 g/mol. The molecule has 0 aliphatic carbocycles. The summed E-state index contributed by atoms with van der Waals surface area (Å²) in [5.74, 6) is 1.77. The summed E-state index contributed by atoms with van der Waals surface area (Å²) in [4.78, 5) is 0. The molecule has 0 aliphatic heterocycles. The van der Waals surface area contributed by atoms with E-state index in [9.17, 15) is 5.11 Å². The normalized spacial score (nSPS) is 18.5. The molecule has 0 saturated heterocycles. The first-order valence-corrected chi connectivity index (χ1v) is 39.5. The first-order valence-electron chi connectivity index (χ1n) is 27.9. The Morgan fingerprint density at radius 1 is 0.556 bits per heavy atom. The maximum absolute atomic E-state index is 9.79. The summed E-state index contributed by atoms with van der Waals surface area (Å²) in [5.41, 5.74) is 1.13. The Kier molecular flexibility index (Phi) is 27.5. The minimum Gasteiger partial charge on any atom is -0.497 e. The zero-order chi connectivity index (χ0) is 55.9. The lowest BCUT2D eigenvalue weighted by Gasteiger charge is -2.44. The van der Waals surface area contributed by atoms with Gasteiger partial charge in [-0.25, -0.2) is 0 Å². The van der Waals surface area contributed by atoms with E-state index in [0.717, 1.165) is 43.4 Å². The molecule has 0 saturated carbocycles. The summed E-state index contributed by atoms with van der Waals surface area (Å²) in [6.45, 7) is 63.1. The molecule has 0 aliphatic rings. The Morgan fingerprint density at radius 2 is 1.01 bits per heavy atom. The van der Waals surface area contributed by atoms with E-state index < -0.39 is 33.3 Å². The van der Waals surface area contributed by atoms with Crippen molar-refractivity contribution in [1.29, 1.82) is 0 Å². The second-order valence-corrected chi connectivity index (χ2v) is 46.8. The number of aliphatic hydroxyl groups is 1. The van der Waals surface area contributed by atoms with E-state index in [1.165, 1.54) is 0 Å². The van der Waals surface area contributed by atoms with Gasteiger partial charge in [0.1, 0.15) is 5.75 Å². The smallest absolute Gasteiger partial charge is 0.192 e. The predicted octanol–water partition coefficient (Wildman–Crippen LogP) is 18.1. The molecule has 2 unspecified atom stereocenters. The van der Waals surface area contributed by atoms with Crippen molar-refractivity contribution < 1.29 is 32.3 Å². The van der Waals surface area contributed by atoms with Crippen molar-refractivity contribution in [3.8, 4) is 5.75 Å². The molecule has 0 heterocycles. The van der Waals surface area contributed by atoms with Gasteiger partial charge in [-0.3, -0.25) is 0 Å². The second kappa shape index (κ2) is 28.8. The van der Waals surface area contributed by atoms with E-state index in [1.807, 2.05) is 30.4 Å². The van der Waals surface area contributed by atoms with Gasteiger partial charge < -0.3 is 32.3 Å². The molecule has 1 aromatic rings. The summed E-state index contributed by atoms with van der Waals surface area (Å²) >= 11 is 0. The van der Waals surface area contributed by atoms with Gasteiger partial charge in [0.2, 0.25) is 0 Å².